The van der Waals surface area contributed by atoms with Gasteiger partial charge in [0.2, 0.25) is 0 Å². The predicted octanol–water partition coefficient (Wildman–Crippen LogP) is 6.07. The van der Waals surface area contributed by atoms with Gasteiger partial charge in [0.1, 0.15) is 0 Å². The number of benzene rings is 2. The number of hydrogen-bond acceptors (Lipinski definition) is 4. The molecule has 154 valence electrons. The van der Waals surface area contributed by atoms with Crippen molar-refractivity contribution >= 4 is 55.8 Å². The lowest BCUT2D eigenvalue weighted by atomic mass is 10.2. The van der Waals surface area contributed by atoms with Crippen LogP contribution < -0.4 is 4.90 Å². The van der Waals surface area contributed by atoms with Gasteiger partial charge in [-0.25, -0.2) is 4.98 Å². The molecule has 0 fully saturated rings. The molecule has 0 aliphatic heterocycles. The van der Waals surface area contributed by atoms with Crippen LogP contribution >= 0.6 is 34.5 Å². The van der Waals surface area contributed by atoms with E-state index in [0.717, 1.165) is 27.2 Å². The summed E-state index contributed by atoms with van der Waals surface area (Å²) >= 11 is 13.7. The Labute approximate surface area is 188 Å². The second kappa shape index (κ2) is 8.38. The van der Waals surface area contributed by atoms with Crippen LogP contribution in [0.15, 0.2) is 42.5 Å². The highest BCUT2D eigenvalue weighted by Crippen LogP contribution is 2.34. The van der Waals surface area contributed by atoms with Gasteiger partial charge < -0.3 is 0 Å². The zero-order valence-corrected chi connectivity index (χ0v) is 19.1. The Balaban J connectivity index is 1.72. The first-order valence-corrected chi connectivity index (χ1v) is 11.0. The molecule has 0 radical (unpaired) electrons. The van der Waals surface area contributed by atoms with Crippen LogP contribution in [0.2, 0.25) is 10.0 Å². The molecule has 5 nitrogen and oxygen atoms in total. The van der Waals surface area contributed by atoms with Crippen LogP contribution in [0.4, 0.5) is 5.13 Å². The van der Waals surface area contributed by atoms with Crippen molar-refractivity contribution in [2.75, 3.05) is 11.4 Å². The van der Waals surface area contributed by atoms with Crippen LogP contribution in [0, 0.1) is 20.8 Å². The van der Waals surface area contributed by atoms with Gasteiger partial charge in [0.25, 0.3) is 5.91 Å². The van der Waals surface area contributed by atoms with Crippen molar-refractivity contribution in [3.8, 4) is 0 Å². The molecule has 2 aromatic heterocycles. The van der Waals surface area contributed by atoms with Crippen LogP contribution in [0.5, 0.6) is 0 Å². The summed E-state index contributed by atoms with van der Waals surface area (Å²) in [6.45, 7) is 6.91. The number of anilines is 1. The van der Waals surface area contributed by atoms with E-state index in [1.54, 1.807) is 29.2 Å². The summed E-state index contributed by atoms with van der Waals surface area (Å²) in [6, 6.07) is 12.7. The SMILES string of the molecule is Cc1cc(C)n(CCN(C(=O)c2ccc(Cl)cc2)c2nc3c(C)c(Cl)ccc3s2)n1. The van der Waals surface area contributed by atoms with Crippen molar-refractivity contribution in [3.05, 3.63) is 75.0 Å². The molecule has 2 aromatic carbocycles. The van der Waals surface area contributed by atoms with Gasteiger partial charge >= 0.3 is 0 Å². The van der Waals surface area contributed by atoms with Gasteiger partial charge in [0, 0.05) is 27.8 Å². The molecule has 30 heavy (non-hydrogen) atoms. The summed E-state index contributed by atoms with van der Waals surface area (Å²) in [5.41, 5.74) is 4.30. The minimum absolute atomic E-state index is 0.129. The first-order valence-electron chi connectivity index (χ1n) is 9.47. The van der Waals surface area contributed by atoms with Crippen LogP contribution in [0.3, 0.4) is 0 Å². The molecule has 8 heteroatoms. The van der Waals surface area contributed by atoms with E-state index in [0.29, 0.717) is 33.8 Å². The third kappa shape index (κ3) is 4.08. The van der Waals surface area contributed by atoms with Crippen LogP contribution in [-0.2, 0) is 6.54 Å². The zero-order chi connectivity index (χ0) is 21.4. The van der Waals surface area contributed by atoms with Gasteiger partial charge in [-0.05, 0) is 68.8 Å². The zero-order valence-electron chi connectivity index (χ0n) is 16.8. The molecule has 0 spiro atoms. The van der Waals surface area contributed by atoms with Crippen LogP contribution in [-0.4, -0.2) is 27.2 Å². The lowest BCUT2D eigenvalue weighted by Gasteiger charge is -2.20. The predicted molar refractivity (Wildman–Crippen MR) is 124 cm³/mol. The highest BCUT2D eigenvalue weighted by Gasteiger charge is 2.22. The molecule has 0 N–H and O–H groups in total. The van der Waals surface area contributed by atoms with Crippen molar-refractivity contribution in [1.82, 2.24) is 14.8 Å². The third-order valence-electron chi connectivity index (χ3n) is 4.94. The summed E-state index contributed by atoms with van der Waals surface area (Å²) in [4.78, 5) is 19.9. The number of aromatic nitrogens is 3. The van der Waals surface area contributed by atoms with Gasteiger partial charge in [0.05, 0.1) is 22.5 Å². The number of amides is 1. The van der Waals surface area contributed by atoms with Crippen molar-refractivity contribution in [2.45, 2.75) is 27.3 Å². The molecule has 0 aliphatic carbocycles. The maximum absolute atomic E-state index is 13.4. The molecule has 1 amide bonds. The first-order chi connectivity index (χ1) is 14.3. The number of nitrogens with zero attached hydrogens (tertiary/aromatic N) is 4. The van der Waals surface area contributed by atoms with Gasteiger partial charge in [0.15, 0.2) is 5.13 Å². The quantitative estimate of drug-likeness (QED) is 0.364. The van der Waals surface area contributed by atoms with E-state index in [-0.39, 0.29) is 5.91 Å². The van der Waals surface area contributed by atoms with Gasteiger partial charge in [-0.15, -0.1) is 0 Å². The first kappa shape index (κ1) is 20.8. The van der Waals surface area contributed by atoms with Gasteiger partial charge in [-0.3, -0.25) is 14.4 Å². The summed E-state index contributed by atoms with van der Waals surface area (Å²) in [5, 5.41) is 6.40. The smallest absolute Gasteiger partial charge is 0.260 e. The Morgan fingerprint density at radius 3 is 2.50 bits per heavy atom. The minimum atomic E-state index is -0.129. The molecule has 0 aliphatic rings. The standard InChI is InChI=1S/C22H20Cl2N4OS/c1-13-12-14(2)28(26-13)11-10-27(21(29)16-4-6-17(23)7-5-16)22-25-20-15(3)18(24)8-9-19(20)30-22/h4-9,12H,10-11H2,1-3H3. The molecule has 0 saturated heterocycles. The average molecular weight is 459 g/mol. The highest BCUT2D eigenvalue weighted by molar-refractivity contribution is 7.22. The molecular weight excluding hydrogens is 439 g/mol. The van der Waals surface area contributed by atoms with E-state index in [2.05, 4.69) is 5.10 Å². The summed E-state index contributed by atoms with van der Waals surface area (Å²) in [7, 11) is 0. The fourth-order valence-corrected chi connectivity index (χ4v) is 4.66. The van der Waals surface area contributed by atoms with Crippen molar-refractivity contribution in [1.29, 1.82) is 0 Å². The Morgan fingerprint density at radius 2 is 1.83 bits per heavy atom. The van der Waals surface area contributed by atoms with Crippen molar-refractivity contribution < 1.29 is 4.79 Å². The molecule has 0 saturated carbocycles. The number of fused-ring (bicyclic) bond motifs is 1. The number of thiazole rings is 1. The number of halogens is 2. The highest BCUT2D eigenvalue weighted by atomic mass is 35.5. The van der Waals surface area contributed by atoms with Gasteiger partial charge in [-0.2, -0.15) is 5.10 Å². The summed E-state index contributed by atoms with van der Waals surface area (Å²) in [5.74, 6) is -0.129. The van der Waals surface area contributed by atoms with Gasteiger partial charge in [-0.1, -0.05) is 34.5 Å². The molecule has 4 aromatic rings. The second-order valence-corrected chi connectivity index (χ2v) is 8.98. The monoisotopic (exact) mass is 458 g/mol. The maximum Gasteiger partial charge on any atom is 0.260 e. The van der Waals surface area contributed by atoms with E-state index >= 15 is 0 Å². The largest absolute Gasteiger partial charge is 0.282 e. The number of carbonyl (C=O) groups excluding carboxylic acids is 1. The Bertz CT molecular complexity index is 1230. The molecular formula is C22H20Cl2N4OS. The van der Waals surface area contributed by atoms with E-state index in [4.69, 9.17) is 28.2 Å². The van der Waals surface area contributed by atoms with Crippen LogP contribution in [0.1, 0.15) is 27.3 Å². The lowest BCUT2D eigenvalue weighted by Crippen LogP contribution is -2.34. The normalized spacial score (nSPS) is 11.2. The molecule has 0 atom stereocenters. The fraction of sp³-hybridized carbons (Fsp3) is 0.227. The topological polar surface area (TPSA) is 51.0 Å². The van der Waals surface area contributed by atoms with E-state index in [1.807, 2.05) is 43.7 Å². The molecule has 0 unspecified atom stereocenters. The van der Waals surface area contributed by atoms with E-state index in [1.165, 1.54) is 11.3 Å². The fourth-order valence-electron chi connectivity index (χ4n) is 3.33. The van der Waals surface area contributed by atoms with Crippen molar-refractivity contribution in [2.24, 2.45) is 0 Å². The average Bonchev–Trinajstić information content (AvgIpc) is 3.28. The minimum Gasteiger partial charge on any atom is -0.282 e. The maximum atomic E-state index is 13.4. The summed E-state index contributed by atoms with van der Waals surface area (Å²) < 4.78 is 2.90. The molecule has 0 bridgehead atoms. The Morgan fingerprint density at radius 1 is 1.10 bits per heavy atom. The molecule has 2 heterocycles. The number of hydrogen-bond donors (Lipinski definition) is 0. The lowest BCUT2D eigenvalue weighted by molar-refractivity contribution is 0.0985. The van der Waals surface area contributed by atoms with E-state index in [9.17, 15) is 4.79 Å². The Hall–Kier alpha value is -2.41. The third-order valence-corrected chi connectivity index (χ3v) is 6.65. The number of rotatable bonds is 5. The molecule has 4 rings (SSSR count). The van der Waals surface area contributed by atoms with E-state index < -0.39 is 0 Å². The van der Waals surface area contributed by atoms with Crippen LogP contribution in [0.25, 0.3) is 10.2 Å². The Kier molecular flexibility index (Phi) is 5.82. The second-order valence-electron chi connectivity index (χ2n) is 7.13. The number of aryl methyl sites for hydroxylation is 3. The van der Waals surface area contributed by atoms with Crippen molar-refractivity contribution in [3.63, 3.8) is 0 Å². The summed E-state index contributed by atoms with van der Waals surface area (Å²) in [6.07, 6.45) is 0. The number of carbonyl (C=O) groups is 1.